The lowest BCUT2D eigenvalue weighted by Gasteiger charge is -2.42. The molecular weight excluding hydrogens is 568 g/mol. The number of Topliss-reactive ketones (excluding diaryl/α,β-unsaturated/α-hetero) is 1. The number of phenolic OH excluding ortho intramolecular Hbond substituents is 1. The Kier molecular flexibility index (Phi) is 6.39. The maximum Gasteiger partial charge on any atom is 0.238 e. The molecule has 0 radical (unpaired) electrons. The molecule has 3 aromatic carbocycles. The number of aromatic hydroxyl groups is 1. The first-order chi connectivity index (χ1) is 21.8. The zero-order chi connectivity index (χ0) is 31.0. The highest BCUT2D eigenvalue weighted by Gasteiger charge is 2.57. The van der Waals surface area contributed by atoms with E-state index in [1.165, 1.54) is 11.0 Å². The van der Waals surface area contributed by atoms with E-state index in [-0.39, 0.29) is 35.6 Å². The van der Waals surface area contributed by atoms with Gasteiger partial charge in [-0.3, -0.25) is 24.1 Å². The number of carbonyl (C=O) groups excluding carboxylic acids is 4. The van der Waals surface area contributed by atoms with Gasteiger partial charge in [0.25, 0.3) is 0 Å². The molecule has 8 rings (SSSR count). The minimum Gasteiger partial charge on any atom is -0.508 e. The Balaban J connectivity index is 1.22. The number of ether oxygens (including phenoxy) is 1. The van der Waals surface area contributed by atoms with Crippen LogP contribution in [-0.4, -0.2) is 54.8 Å². The zero-order valence-electron chi connectivity index (χ0n) is 24.9. The number of fused-ring (bicyclic) bond motifs is 4. The summed E-state index contributed by atoms with van der Waals surface area (Å²) in [5.74, 6) is -3.41. The highest BCUT2D eigenvalue weighted by Crippen LogP contribution is 2.57. The molecule has 45 heavy (non-hydrogen) atoms. The van der Waals surface area contributed by atoms with Crippen LogP contribution < -0.4 is 9.80 Å². The van der Waals surface area contributed by atoms with Gasteiger partial charge < -0.3 is 14.7 Å². The van der Waals surface area contributed by atoms with Gasteiger partial charge in [0.1, 0.15) is 5.75 Å². The standard InChI is InChI=1S/C37H32N2O6/c1-20-18-30(41)33-28(35(20)42)19-27-25(34(33)32-24-5-3-2-4-21(24)6-13-29(32)40)11-12-26-31(27)37(44)39(36(26)43)23-9-7-22(8-10-23)38-14-16-45-17-15-38/h2-11,13,18,26-27,31,34,40H,12,14-17,19H2,1H3. The maximum atomic E-state index is 14.3. The van der Waals surface area contributed by atoms with Crippen LogP contribution in [0.25, 0.3) is 10.8 Å². The minimum absolute atomic E-state index is 0.0246. The van der Waals surface area contributed by atoms with Crippen molar-refractivity contribution in [1.82, 2.24) is 0 Å². The molecule has 2 amide bonds. The Labute approximate surface area is 260 Å². The topological polar surface area (TPSA) is 104 Å². The Morgan fingerprint density at radius 3 is 2.36 bits per heavy atom. The number of rotatable bonds is 3. The Morgan fingerprint density at radius 2 is 1.58 bits per heavy atom. The van der Waals surface area contributed by atoms with Crippen molar-refractivity contribution in [2.75, 3.05) is 36.1 Å². The van der Waals surface area contributed by atoms with Crippen LogP contribution in [0.2, 0.25) is 0 Å². The number of imide groups is 1. The van der Waals surface area contributed by atoms with E-state index in [0.29, 0.717) is 47.6 Å². The first-order valence-electron chi connectivity index (χ1n) is 15.5. The summed E-state index contributed by atoms with van der Waals surface area (Å²) in [4.78, 5) is 59.1. The van der Waals surface area contributed by atoms with Crippen LogP contribution in [0, 0.1) is 17.8 Å². The largest absolute Gasteiger partial charge is 0.508 e. The number of ketones is 2. The zero-order valence-corrected chi connectivity index (χ0v) is 24.9. The third kappa shape index (κ3) is 4.15. The highest BCUT2D eigenvalue weighted by molar-refractivity contribution is 6.25. The number of carbonyl (C=O) groups is 4. The van der Waals surface area contributed by atoms with Crippen molar-refractivity contribution in [3.05, 3.63) is 101 Å². The fraction of sp³-hybridized carbons (Fsp3) is 0.297. The van der Waals surface area contributed by atoms with Crippen LogP contribution in [0.3, 0.4) is 0 Å². The molecule has 226 valence electrons. The number of morpholine rings is 1. The molecule has 4 unspecified atom stereocenters. The third-order valence-electron chi connectivity index (χ3n) is 10.3. The van der Waals surface area contributed by atoms with Crippen molar-refractivity contribution in [2.45, 2.75) is 25.7 Å². The summed E-state index contributed by atoms with van der Waals surface area (Å²) >= 11 is 0. The van der Waals surface area contributed by atoms with Gasteiger partial charge >= 0.3 is 0 Å². The maximum absolute atomic E-state index is 14.3. The summed E-state index contributed by atoms with van der Waals surface area (Å²) < 4.78 is 5.46. The second kappa shape index (κ2) is 10.4. The monoisotopic (exact) mass is 600 g/mol. The average Bonchev–Trinajstić information content (AvgIpc) is 3.32. The number of anilines is 2. The number of amides is 2. The number of benzene rings is 3. The fourth-order valence-electron chi connectivity index (χ4n) is 8.19. The van der Waals surface area contributed by atoms with Gasteiger partial charge in [-0.05, 0) is 72.9 Å². The Hall–Kier alpha value is -4.82. The lowest BCUT2D eigenvalue weighted by Crippen LogP contribution is -2.40. The van der Waals surface area contributed by atoms with Crippen molar-refractivity contribution < 1.29 is 29.0 Å². The molecule has 3 aromatic rings. The van der Waals surface area contributed by atoms with E-state index >= 15 is 0 Å². The summed E-state index contributed by atoms with van der Waals surface area (Å²) in [6.07, 6.45) is 3.91. The molecule has 8 heteroatoms. The smallest absolute Gasteiger partial charge is 0.238 e. The average molecular weight is 601 g/mol. The Bertz CT molecular complexity index is 1910. The first-order valence-corrected chi connectivity index (χ1v) is 15.5. The SMILES string of the molecule is CC1=CC(=O)C2=C(CC3C(=CCC4C(=O)N(c5ccc(N6CCOCC6)cc5)C(=O)C43)C2c2c(O)ccc3ccccc23)C1=O. The van der Waals surface area contributed by atoms with Crippen LogP contribution in [0.4, 0.5) is 11.4 Å². The predicted octanol–water partition coefficient (Wildman–Crippen LogP) is 5.02. The summed E-state index contributed by atoms with van der Waals surface area (Å²) in [6, 6.07) is 18.6. The van der Waals surface area contributed by atoms with Crippen molar-refractivity contribution in [1.29, 1.82) is 0 Å². The van der Waals surface area contributed by atoms with Gasteiger partial charge in [-0.25, -0.2) is 0 Å². The summed E-state index contributed by atoms with van der Waals surface area (Å²) in [5.41, 5.74) is 4.02. The van der Waals surface area contributed by atoms with E-state index < -0.39 is 23.7 Å². The van der Waals surface area contributed by atoms with Gasteiger partial charge in [-0.2, -0.15) is 0 Å². The van der Waals surface area contributed by atoms with Gasteiger partial charge in [0.15, 0.2) is 11.6 Å². The highest BCUT2D eigenvalue weighted by atomic mass is 16.5. The molecule has 2 heterocycles. The van der Waals surface area contributed by atoms with E-state index in [9.17, 15) is 24.3 Å². The minimum atomic E-state index is -0.712. The normalized spacial score (nSPS) is 26.5. The van der Waals surface area contributed by atoms with Crippen molar-refractivity contribution >= 4 is 45.5 Å². The predicted molar refractivity (Wildman–Crippen MR) is 169 cm³/mol. The molecule has 1 N–H and O–H groups in total. The lowest BCUT2D eigenvalue weighted by molar-refractivity contribution is -0.123. The van der Waals surface area contributed by atoms with E-state index in [0.717, 1.165) is 35.1 Å². The molecule has 4 atom stereocenters. The van der Waals surface area contributed by atoms with Gasteiger partial charge in [0.05, 0.1) is 30.7 Å². The molecule has 0 saturated carbocycles. The molecule has 8 nitrogen and oxygen atoms in total. The third-order valence-corrected chi connectivity index (χ3v) is 10.3. The quantitative estimate of drug-likeness (QED) is 0.256. The number of nitrogens with zero attached hydrogens (tertiary/aromatic N) is 2. The van der Waals surface area contributed by atoms with Crippen molar-refractivity contribution in [3.63, 3.8) is 0 Å². The van der Waals surface area contributed by atoms with Crippen molar-refractivity contribution in [2.24, 2.45) is 17.8 Å². The fourth-order valence-corrected chi connectivity index (χ4v) is 8.19. The van der Waals surface area contributed by atoms with E-state index in [1.54, 1.807) is 13.0 Å². The Morgan fingerprint density at radius 1 is 0.844 bits per heavy atom. The first kappa shape index (κ1) is 27.7. The van der Waals surface area contributed by atoms with Crippen LogP contribution in [0.5, 0.6) is 5.75 Å². The van der Waals surface area contributed by atoms with E-state index in [1.807, 2.05) is 60.7 Å². The molecular formula is C37H32N2O6. The lowest BCUT2D eigenvalue weighted by atomic mass is 9.59. The van der Waals surface area contributed by atoms with Crippen LogP contribution in [-0.2, 0) is 23.9 Å². The van der Waals surface area contributed by atoms with Gasteiger partial charge in [0.2, 0.25) is 11.8 Å². The van der Waals surface area contributed by atoms with Gasteiger partial charge in [-0.1, -0.05) is 42.0 Å². The molecule has 0 aromatic heterocycles. The molecule has 2 fully saturated rings. The molecule has 2 aliphatic heterocycles. The van der Waals surface area contributed by atoms with Crippen LogP contribution in [0.15, 0.2) is 95.1 Å². The number of hydrogen-bond acceptors (Lipinski definition) is 7. The summed E-state index contributed by atoms with van der Waals surface area (Å²) in [6.45, 7) is 4.51. The number of allylic oxidation sites excluding steroid dienone is 6. The molecule has 3 aliphatic carbocycles. The number of hydrogen-bond donors (Lipinski definition) is 1. The molecule has 5 aliphatic rings. The van der Waals surface area contributed by atoms with Crippen molar-refractivity contribution in [3.8, 4) is 5.75 Å². The van der Waals surface area contributed by atoms with Gasteiger partial charge in [-0.15, -0.1) is 0 Å². The second-order valence-electron chi connectivity index (χ2n) is 12.6. The second-order valence-corrected chi connectivity index (χ2v) is 12.6. The van der Waals surface area contributed by atoms with E-state index in [4.69, 9.17) is 4.74 Å². The number of phenols is 1. The summed E-state index contributed by atoms with van der Waals surface area (Å²) in [5, 5.41) is 13.0. The molecule has 2 saturated heterocycles. The summed E-state index contributed by atoms with van der Waals surface area (Å²) in [7, 11) is 0. The van der Waals surface area contributed by atoms with Crippen LogP contribution in [0.1, 0.15) is 31.2 Å². The van der Waals surface area contributed by atoms with E-state index in [2.05, 4.69) is 4.90 Å². The van der Waals surface area contributed by atoms with Crippen LogP contribution >= 0.6 is 0 Å². The molecule has 0 bridgehead atoms. The van der Waals surface area contributed by atoms with Gasteiger partial charge in [0, 0.05) is 47.0 Å². The molecule has 0 spiro atoms.